The molecule has 2 N–H and O–H groups in total. The van der Waals surface area contributed by atoms with Crippen LogP contribution in [0, 0.1) is 0 Å². The standard InChI is InChI=1S/C20H22F3N3O2/c21-20(22,23)15-6-11-18(24-13-15)28-17-9-7-16(8-10-17)26-19(27)25-12-14-4-2-1-3-5-14/h1-6,11,13,16-17H,7-10,12H2,(H2,25,26,27). The molecule has 28 heavy (non-hydrogen) atoms. The Kier molecular flexibility index (Phi) is 6.38. The van der Waals surface area contributed by atoms with Crippen LogP contribution in [-0.2, 0) is 12.7 Å². The molecule has 1 aliphatic rings. The minimum atomic E-state index is -4.41. The fourth-order valence-corrected chi connectivity index (χ4v) is 3.13. The van der Waals surface area contributed by atoms with Crippen molar-refractivity contribution >= 4 is 6.03 Å². The largest absolute Gasteiger partial charge is 0.474 e. The van der Waals surface area contributed by atoms with E-state index in [9.17, 15) is 18.0 Å². The molecule has 1 aromatic heterocycles. The Labute approximate surface area is 161 Å². The summed E-state index contributed by atoms with van der Waals surface area (Å²) in [5.41, 5.74) is 0.230. The van der Waals surface area contributed by atoms with E-state index >= 15 is 0 Å². The van der Waals surface area contributed by atoms with Crippen LogP contribution in [0.15, 0.2) is 48.7 Å². The zero-order valence-corrected chi connectivity index (χ0v) is 15.2. The zero-order chi connectivity index (χ0) is 20.0. The second kappa shape index (κ2) is 8.95. The summed E-state index contributed by atoms with van der Waals surface area (Å²) < 4.78 is 43.3. The van der Waals surface area contributed by atoms with Gasteiger partial charge >= 0.3 is 12.2 Å². The van der Waals surface area contributed by atoms with Gasteiger partial charge in [-0.2, -0.15) is 13.2 Å². The van der Waals surface area contributed by atoms with Gasteiger partial charge in [0, 0.05) is 24.8 Å². The van der Waals surface area contributed by atoms with Crippen LogP contribution in [0.3, 0.4) is 0 Å². The second-order valence-corrected chi connectivity index (χ2v) is 6.79. The summed E-state index contributed by atoms with van der Waals surface area (Å²) in [7, 11) is 0. The van der Waals surface area contributed by atoms with Crippen LogP contribution < -0.4 is 15.4 Å². The van der Waals surface area contributed by atoms with Gasteiger partial charge in [0.2, 0.25) is 5.88 Å². The van der Waals surface area contributed by atoms with Crippen molar-refractivity contribution in [2.24, 2.45) is 0 Å². The summed E-state index contributed by atoms with van der Waals surface area (Å²) in [6.07, 6.45) is -0.863. The number of nitrogens with one attached hydrogen (secondary N) is 2. The van der Waals surface area contributed by atoms with Crippen molar-refractivity contribution in [1.29, 1.82) is 0 Å². The average molecular weight is 393 g/mol. The number of ether oxygens (including phenoxy) is 1. The Morgan fingerprint density at radius 3 is 2.39 bits per heavy atom. The molecule has 2 aromatic rings. The number of pyridine rings is 1. The fourth-order valence-electron chi connectivity index (χ4n) is 3.13. The number of halogens is 3. The molecule has 150 valence electrons. The lowest BCUT2D eigenvalue weighted by molar-refractivity contribution is -0.137. The van der Waals surface area contributed by atoms with E-state index in [2.05, 4.69) is 15.6 Å². The lowest BCUT2D eigenvalue weighted by Crippen LogP contribution is -2.44. The number of alkyl halides is 3. The molecule has 0 bridgehead atoms. The third kappa shape index (κ3) is 5.87. The lowest BCUT2D eigenvalue weighted by atomic mass is 9.93. The predicted molar refractivity (Wildman–Crippen MR) is 97.7 cm³/mol. The van der Waals surface area contributed by atoms with Gasteiger partial charge in [-0.15, -0.1) is 0 Å². The minimum absolute atomic E-state index is 0.0520. The highest BCUT2D eigenvalue weighted by molar-refractivity contribution is 5.74. The van der Waals surface area contributed by atoms with E-state index in [1.165, 1.54) is 6.07 Å². The summed E-state index contributed by atoms with van der Waals surface area (Å²) in [4.78, 5) is 15.8. The van der Waals surface area contributed by atoms with Gasteiger partial charge in [0.1, 0.15) is 6.10 Å². The van der Waals surface area contributed by atoms with Gasteiger partial charge in [0.25, 0.3) is 0 Å². The van der Waals surface area contributed by atoms with Crippen molar-refractivity contribution in [2.75, 3.05) is 0 Å². The molecule has 2 amide bonds. The van der Waals surface area contributed by atoms with E-state index < -0.39 is 11.7 Å². The number of hydrogen-bond acceptors (Lipinski definition) is 3. The van der Waals surface area contributed by atoms with Gasteiger partial charge in [-0.3, -0.25) is 0 Å². The van der Waals surface area contributed by atoms with Gasteiger partial charge in [-0.25, -0.2) is 9.78 Å². The fraction of sp³-hybridized carbons (Fsp3) is 0.400. The number of carbonyl (C=O) groups excluding carboxylic acids is 1. The maximum absolute atomic E-state index is 12.6. The van der Waals surface area contributed by atoms with Crippen molar-refractivity contribution < 1.29 is 22.7 Å². The topological polar surface area (TPSA) is 63.2 Å². The molecule has 0 aliphatic heterocycles. The molecular weight excluding hydrogens is 371 g/mol. The van der Waals surface area contributed by atoms with Crippen molar-refractivity contribution in [3.8, 4) is 5.88 Å². The summed E-state index contributed by atoms with van der Waals surface area (Å²) in [6, 6.07) is 11.7. The molecule has 1 saturated carbocycles. The maximum Gasteiger partial charge on any atom is 0.417 e. The van der Waals surface area contributed by atoms with E-state index in [-0.39, 0.29) is 24.1 Å². The van der Waals surface area contributed by atoms with Crippen molar-refractivity contribution in [3.05, 3.63) is 59.8 Å². The summed E-state index contributed by atoms with van der Waals surface area (Å²) >= 11 is 0. The Balaban J connectivity index is 1.39. The Bertz CT molecular complexity index is 759. The molecular formula is C20H22F3N3O2. The quantitative estimate of drug-likeness (QED) is 0.797. The van der Waals surface area contributed by atoms with Crippen LogP contribution in [0.25, 0.3) is 0 Å². The number of urea groups is 1. The first-order valence-corrected chi connectivity index (χ1v) is 9.18. The van der Waals surface area contributed by atoms with Gasteiger partial charge in [0.15, 0.2) is 0 Å². The highest BCUT2D eigenvalue weighted by Crippen LogP contribution is 2.30. The molecule has 0 radical (unpaired) electrons. The lowest BCUT2D eigenvalue weighted by Gasteiger charge is -2.29. The molecule has 8 heteroatoms. The number of hydrogen-bond donors (Lipinski definition) is 2. The Morgan fingerprint density at radius 1 is 1.07 bits per heavy atom. The molecule has 3 rings (SSSR count). The van der Waals surface area contributed by atoms with Crippen molar-refractivity contribution in [3.63, 3.8) is 0 Å². The van der Waals surface area contributed by atoms with E-state index in [4.69, 9.17) is 4.74 Å². The molecule has 0 atom stereocenters. The molecule has 1 aromatic carbocycles. The van der Waals surface area contributed by atoms with Crippen molar-refractivity contribution in [1.82, 2.24) is 15.6 Å². The van der Waals surface area contributed by atoms with Crippen LogP contribution in [0.2, 0.25) is 0 Å². The van der Waals surface area contributed by atoms with Gasteiger partial charge in [-0.05, 0) is 37.3 Å². The number of benzene rings is 1. The van der Waals surface area contributed by atoms with Gasteiger partial charge in [0.05, 0.1) is 5.56 Å². The van der Waals surface area contributed by atoms with E-state index in [0.717, 1.165) is 30.7 Å². The van der Waals surface area contributed by atoms with Gasteiger partial charge < -0.3 is 15.4 Å². The second-order valence-electron chi connectivity index (χ2n) is 6.79. The number of rotatable bonds is 5. The van der Waals surface area contributed by atoms with Crippen LogP contribution in [0.1, 0.15) is 36.8 Å². The number of carbonyl (C=O) groups is 1. The van der Waals surface area contributed by atoms with Crippen LogP contribution in [0.5, 0.6) is 5.88 Å². The molecule has 1 heterocycles. The monoisotopic (exact) mass is 393 g/mol. The number of nitrogens with zero attached hydrogens (tertiary/aromatic N) is 1. The normalized spacial score (nSPS) is 19.7. The predicted octanol–water partition coefficient (Wildman–Crippen LogP) is 4.29. The first kappa shape index (κ1) is 20.0. The number of aromatic nitrogens is 1. The third-order valence-electron chi connectivity index (χ3n) is 4.66. The maximum atomic E-state index is 12.6. The molecule has 1 fully saturated rings. The molecule has 5 nitrogen and oxygen atoms in total. The summed E-state index contributed by atoms with van der Waals surface area (Å²) in [5.74, 6) is 0.185. The molecule has 0 saturated heterocycles. The van der Waals surface area contributed by atoms with Crippen LogP contribution in [-0.4, -0.2) is 23.2 Å². The first-order valence-electron chi connectivity index (χ1n) is 9.18. The average Bonchev–Trinajstić information content (AvgIpc) is 2.68. The Hall–Kier alpha value is -2.77. The van der Waals surface area contributed by atoms with E-state index in [1.54, 1.807) is 0 Å². The van der Waals surface area contributed by atoms with Crippen molar-refractivity contribution in [2.45, 2.75) is 50.6 Å². The Morgan fingerprint density at radius 2 is 1.79 bits per heavy atom. The third-order valence-corrected chi connectivity index (χ3v) is 4.66. The summed E-state index contributed by atoms with van der Waals surface area (Å²) in [5, 5.41) is 5.78. The molecule has 0 spiro atoms. The number of amides is 2. The van der Waals surface area contributed by atoms with Gasteiger partial charge in [-0.1, -0.05) is 30.3 Å². The molecule has 0 unspecified atom stereocenters. The smallest absolute Gasteiger partial charge is 0.417 e. The van der Waals surface area contributed by atoms with Crippen LogP contribution >= 0.6 is 0 Å². The van der Waals surface area contributed by atoms with E-state index in [0.29, 0.717) is 19.4 Å². The highest BCUT2D eigenvalue weighted by atomic mass is 19.4. The summed E-state index contributed by atoms with van der Waals surface area (Å²) in [6.45, 7) is 0.463. The zero-order valence-electron chi connectivity index (χ0n) is 15.2. The van der Waals surface area contributed by atoms with Crippen LogP contribution in [0.4, 0.5) is 18.0 Å². The highest BCUT2D eigenvalue weighted by Gasteiger charge is 2.31. The first-order chi connectivity index (χ1) is 13.4. The SMILES string of the molecule is O=C(NCc1ccccc1)NC1CCC(Oc2ccc(C(F)(F)F)cn2)CC1. The van der Waals surface area contributed by atoms with E-state index in [1.807, 2.05) is 30.3 Å². The molecule has 1 aliphatic carbocycles. The minimum Gasteiger partial charge on any atom is -0.474 e.